The lowest BCUT2D eigenvalue weighted by Gasteiger charge is -2.19. The fourth-order valence-corrected chi connectivity index (χ4v) is 4.68. The Morgan fingerprint density at radius 3 is 2.37 bits per heavy atom. The van der Waals surface area contributed by atoms with Gasteiger partial charge in [-0.1, -0.05) is 77.8 Å². The molecule has 1 fully saturated rings. The summed E-state index contributed by atoms with van der Waals surface area (Å²) in [6, 6.07) is 24.4. The Morgan fingerprint density at radius 2 is 1.68 bits per heavy atom. The number of halogens is 2. The van der Waals surface area contributed by atoms with Gasteiger partial charge in [0.1, 0.15) is 5.75 Å². The molecule has 1 aliphatic carbocycles. The van der Waals surface area contributed by atoms with Crippen molar-refractivity contribution in [2.75, 3.05) is 19.7 Å². The second kappa shape index (κ2) is 14.4. The van der Waals surface area contributed by atoms with Gasteiger partial charge in [0.15, 0.2) is 0 Å². The van der Waals surface area contributed by atoms with Crippen molar-refractivity contribution in [3.8, 4) is 5.75 Å². The summed E-state index contributed by atoms with van der Waals surface area (Å²) in [6.45, 7) is 2.74. The molecule has 1 saturated carbocycles. The molecule has 38 heavy (non-hydrogen) atoms. The molecule has 0 radical (unpaired) electrons. The lowest BCUT2D eigenvalue weighted by atomic mass is 9.93. The van der Waals surface area contributed by atoms with Gasteiger partial charge in [0.25, 0.3) is 0 Å². The molecule has 200 valence electrons. The van der Waals surface area contributed by atoms with E-state index >= 15 is 0 Å². The maximum atomic E-state index is 11.4. The number of hydrogen-bond acceptors (Lipinski definition) is 4. The van der Waals surface area contributed by atoms with Crippen LogP contribution in [0.1, 0.15) is 42.4 Å². The van der Waals surface area contributed by atoms with Crippen molar-refractivity contribution in [2.24, 2.45) is 0 Å². The topological polar surface area (TPSA) is 70.6 Å². The van der Waals surface area contributed by atoms with Crippen LogP contribution in [0.4, 0.5) is 0 Å². The van der Waals surface area contributed by atoms with E-state index in [9.17, 15) is 9.90 Å². The first-order valence-electron chi connectivity index (χ1n) is 13.1. The quantitative estimate of drug-likeness (QED) is 0.242. The number of para-hydroxylation sites is 1. The van der Waals surface area contributed by atoms with E-state index < -0.39 is 5.97 Å². The third-order valence-electron chi connectivity index (χ3n) is 6.60. The number of rotatable bonds is 10. The molecule has 0 unspecified atom stereocenters. The first kappa shape index (κ1) is 28.2. The second-order valence-corrected chi connectivity index (χ2v) is 10.3. The summed E-state index contributed by atoms with van der Waals surface area (Å²) >= 11 is 12.1. The molecule has 0 atom stereocenters. The Balaban J connectivity index is 0.000000232. The highest BCUT2D eigenvalue weighted by molar-refractivity contribution is 6.32. The Morgan fingerprint density at radius 1 is 0.974 bits per heavy atom. The summed E-state index contributed by atoms with van der Waals surface area (Å²) in [5.41, 5.74) is 4.82. The van der Waals surface area contributed by atoms with Crippen LogP contribution in [0.3, 0.4) is 0 Å². The summed E-state index contributed by atoms with van der Waals surface area (Å²) in [5, 5.41) is 17.4. The molecule has 5 nitrogen and oxygen atoms in total. The molecular weight excluding hydrogens is 519 g/mol. The van der Waals surface area contributed by atoms with Gasteiger partial charge in [0.2, 0.25) is 0 Å². The fraction of sp³-hybridized carbons (Fsp3) is 0.323. The highest BCUT2D eigenvalue weighted by Crippen LogP contribution is 2.26. The zero-order valence-electron chi connectivity index (χ0n) is 21.4. The Hall–Kier alpha value is -2.83. The van der Waals surface area contributed by atoms with Crippen molar-refractivity contribution in [3.05, 3.63) is 105 Å². The number of aryl methyl sites for hydroxylation is 1. The molecule has 1 heterocycles. The Kier molecular flexibility index (Phi) is 10.6. The molecule has 0 aromatic heterocycles. The highest BCUT2D eigenvalue weighted by Gasteiger charge is 2.20. The standard InChI is InChI=1S/C21H22ClNO3.C10H12ClN/c22-19-5-1-2-6-20(19)26-13-3-4-15-7-9-16(10-8-15)17-11-12-23-14-18(17)21(24)25;11-10-4-2-1-3-8(10)7-12-9-5-6-9/h1-2,5-10,23H,3-4,11-14H2,(H,24,25);1-4,9,12H,5-7H2. The average Bonchev–Trinajstić information content (AvgIpc) is 3.77. The maximum Gasteiger partial charge on any atom is 0.333 e. The third-order valence-corrected chi connectivity index (χ3v) is 7.28. The van der Waals surface area contributed by atoms with Crippen LogP contribution in [-0.2, 0) is 17.8 Å². The number of aliphatic carboxylic acids is 1. The Bertz CT molecular complexity index is 1240. The van der Waals surface area contributed by atoms with Gasteiger partial charge in [-0.15, -0.1) is 0 Å². The van der Waals surface area contributed by atoms with Crippen LogP contribution in [0.5, 0.6) is 5.75 Å². The molecular formula is C31H34Cl2N2O3. The minimum Gasteiger partial charge on any atom is -0.492 e. The summed E-state index contributed by atoms with van der Waals surface area (Å²) < 4.78 is 5.71. The van der Waals surface area contributed by atoms with Gasteiger partial charge in [-0.2, -0.15) is 0 Å². The van der Waals surface area contributed by atoms with E-state index in [0.717, 1.165) is 54.6 Å². The monoisotopic (exact) mass is 552 g/mol. The molecule has 3 N–H and O–H groups in total. The van der Waals surface area contributed by atoms with Crippen LogP contribution in [-0.4, -0.2) is 36.8 Å². The van der Waals surface area contributed by atoms with Crippen molar-refractivity contribution in [3.63, 3.8) is 0 Å². The smallest absolute Gasteiger partial charge is 0.333 e. The normalized spacial score (nSPS) is 15.0. The number of hydrogen-bond donors (Lipinski definition) is 3. The van der Waals surface area contributed by atoms with Crippen molar-refractivity contribution in [2.45, 2.75) is 44.7 Å². The molecule has 3 aromatic rings. The summed E-state index contributed by atoms with van der Waals surface area (Å²) in [5.74, 6) is -0.128. The number of carbonyl (C=O) groups is 1. The van der Waals surface area contributed by atoms with Crippen LogP contribution in [0, 0.1) is 0 Å². The lowest BCUT2D eigenvalue weighted by Crippen LogP contribution is -2.28. The molecule has 2 aliphatic rings. The van der Waals surface area contributed by atoms with Crippen LogP contribution in [0.2, 0.25) is 10.0 Å². The zero-order chi connectivity index (χ0) is 26.7. The fourth-order valence-electron chi connectivity index (χ4n) is 4.28. The number of carboxylic acid groups (broad SMARTS) is 1. The Labute approximate surface area is 234 Å². The van der Waals surface area contributed by atoms with Crippen molar-refractivity contribution < 1.29 is 14.6 Å². The van der Waals surface area contributed by atoms with Gasteiger partial charge < -0.3 is 20.5 Å². The first-order valence-corrected chi connectivity index (χ1v) is 13.9. The number of nitrogens with one attached hydrogen (secondary N) is 2. The van der Waals surface area contributed by atoms with E-state index in [1.807, 2.05) is 54.6 Å². The van der Waals surface area contributed by atoms with Crippen molar-refractivity contribution in [1.29, 1.82) is 0 Å². The van der Waals surface area contributed by atoms with Gasteiger partial charge in [-0.3, -0.25) is 0 Å². The minimum absolute atomic E-state index is 0.422. The number of carboxylic acids is 1. The van der Waals surface area contributed by atoms with Crippen LogP contribution < -0.4 is 15.4 Å². The van der Waals surface area contributed by atoms with Crippen LogP contribution in [0.15, 0.2) is 78.4 Å². The van der Waals surface area contributed by atoms with Crippen molar-refractivity contribution in [1.82, 2.24) is 10.6 Å². The molecule has 0 spiro atoms. The van der Waals surface area contributed by atoms with Gasteiger partial charge in [-0.25, -0.2) is 4.79 Å². The van der Waals surface area contributed by atoms with E-state index in [2.05, 4.69) is 28.8 Å². The minimum atomic E-state index is -0.840. The van der Waals surface area contributed by atoms with E-state index in [1.54, 1.807) is 0 Å². The molecule has 7 heteroatoms. The first-order chi connectivity index (χ1) is 18.5. The van der Waals surface area contributed by atoms with Gasteiger partial charge in [-0.05, 0) is 79.1 Å². The predicted octanol–water partition coefficient (Wildman–Crippen LogP) is 6.78. The highest BCUT2D eigenvalue weighted by atomic mass is 35.5. The van der Waals surface area contributed by atoms with E-state index in [0.29, 0.717) is 29.5 Å². The molecule has 0 saturated heterocycles. The van der Waals surface area contributed by atoms with E-state index in [4.69, 9.17) is 27.9 Å². The largest absolute Gasteiger partial charge is 0.492 e. The summed E-state index contributed by atoms with van der Waals surface area (Å²) in [4.78, 5) is 11.4. The predicted molar refractivity (Wildman–Crippen MR) is 155 cm³/mol. The van der Waals surface area contributed by atoms with E-state index in [-0.39, 0.29) is 0 Å². The molecule has 0 bridgehead atoms. The molecule has 1 aliphatic heterocycles. The van der Waals surface area contributed by atoms with Crippen molar-refractivity contribution >= 4 is 34.7 Å². The van der Waals surface area contributed by atoms with Gasteiger partial charge in [0.05, 0.1) is 17.2 Å². The summed E-state index contributed by atoms with van der Waals surface area (Å²) in [6.07, 6.45) is 5.18. The van der Waals surface area contributed by atoms with Crippen LogP contribution >= 0.6 is 23.2 Å². The third kappa shape index (κ3) is 8.60. The van der Waals surface area contributed by atoms with Gasteiger partial charge >= 0.3 is 5.97 Å². The van der Waals surface area contributed by atoms with Crippen LogP contribution in [0.25, 0.3) is 5.57 Å². The summed E-state index contributed by atoms with van der Waals surface area (Å²) in [7, 11) is 0. The number of benzene rings is 3. The average molecular weight is 554 g/mol. The molecule has 0 amide bonds. The van der Waals surface area contributed by atoms with E-state index in [1.165, 1.54) is 24.0 Å². The molecule has 5 rings (SSSR count). The molecule has 3 aromatic carbocycles. The maximum absolute atomic E-state index is 11.4. The zero-order valence-corrected chi connectivity index (χ0v) is 22.9. The number of ether oxygens (including phenoxy) is 1. The van der Waals surface area contributed by atoms with Gasteiger partial charge in [0, 0.05) is 24.2 Å². The SMILES string of the molecule is Clc1ccccc1CNC1CC1.O=C(O)C1=C(c2ccc(CCCOc3ccccc3Cl)cc2)CCNC1. The lowest BCUT2D eigenvalue weighted by molar-refractivity contribution is -0.132. The second-order valence-electron chi connectivity index (χ2n) is 9.51.